The fourth-order valence-corrected chi connectivity index (χ4v) is 10.5. The highest BCUT2D eigenvalue weighted by molar-refractivity contribution is 5.96. The number of amides is 2. The second-order valence-electron chi connectivity index (χ2n) is 21.9. The Balaban J connectivity index is 2.52. The molecule has 404 valence electrons. The van der Waals surface area contributed by atoms with Crippen LogP contribution in [0, 0.1) is 0 Å². The van der Waals surface area contributed by atoms with Crippen LogP contribution in [0.15, 0.2) is 0 Å². The number of rotatable bonds is 54. The first-order valence-corrected chi connectivity index (χ1v) is 30.8. The average Bonchev–Trinajstić information content (AvgIpc) is 3.32. The van der Waals surface area contributed by atoms with E-state index in [0.29, 0.717) is 25.9 Å². The van der Waals surface area contributed by atoms with Crippen LogP contribution < -0.4 is 10.6 Å². The summed E-state index contributed by atoms with van der Waals surface area (Å²) in [6.45, 7) is 14.5. The maximum absolute atomic E-state index is 13.3. The molecule has 0 saturated carbocycles. The second-order valence-corrected chi connectivity index (χ2v) is 21.9. The van der Waals surface area contributed by atoms with E-state index < -0.39 is 12.1 Å². The number of carbonyl (C=O) groups excluding carboxylic acids is 2. The summed E-state index contributed by atoms with van der Waals surface area (Å²) in [6.07, 6.45) is 53.4. The SMILES string of the molecule is CCCCCCCCCCCCN(CCCCCCCCCCCC)CCCC[C@@H]1NC(=O)[C@@H](CCCCN(C[C@H](O)CCCCCCCCCC)C[C@H](O)CCCCCCCCCC)NC1=O. The van der Waals surface area contributed by atoms with Crippen molar-refractivity contribution in [1.29, 1.82) is 0 Å². The highest BCUT2D eigenvalue weighted by atomic mass is 16.3. The number of piperazine rings is 1. The third-order valence-corrected chi connectivity index (χ3v) is 15.1. The van der Waals surface area contributed by atoms with Gasteiger partial charge in [0.25, 0.3) is 0 Å². The monoisotopic (exact) mass is 961 g/mol. The molecule has 1 saturated heterocycles. The zero-order chi connectivity index (χ0) is 49.4. The van der Waals surface area contributed by atoms with E-state index in [0.717, 1.165) is 64.5 Å². The summed E-state index contributed by atoms with van der Waals surface area (Å²) >= 11 is 0. The number of aliphatic hydroxyl groups excluding tert-OH is 2. The van der Waals surface area contributed by atoms with Gasteiger partial charge in [0.05, 0.1) is 12.2 Å². The zero-order valence-corrected chi connectivity index (χ0v) is 46.3. The van der Waals surface area contributed by atoms with E-state index in [2.05, 4.69) is 48.1 Å². The van der Waals surface area contributed by atoms with Gasteiger partial charge in [-0.25, -0.2) is 0 Å². The summed E-state index contributed by atoms with van der Waals surface area (Å²) in [4.78, 5) is 31.5. The molecule has 0 unspecified atom stereocenters. The van der Waals surface area contributed by atoms with Crippen molar-refractivity contribution in [2.24, 2.45) is 0 Å². The van der Waals surface area contributed by atoms with Gasteiger partial charge in [0.15, 0.2) is 0 Å². The largest absolute Gasteiger partial charge is 0.392 e. The molecule has 0 aromatic heterocycles. The average molecular weight is 962 g/mol. The number of nitrogens with one attached hydrogen (secondary N) is 2. The molecule has 1 aliphatic heterocycles. The minimum atomic E-state index is -0.482. The maximum atomic E-state index is 13.3. The quantitative estimate of drug-likeness (QED) is 0.0453. The lowest BCUT2D eigenvalue weighted by molar-refractivity contribution is -0.137. The predicted molar refractivity (Wildman–Crippen MR) is 295 cm³/mol. The van der Waals surface area contributed by atoms with Crippen LogP contribution in [-0.4, -0.2) is 95.4 Å². The van der Waals surface area contributed by atoms with Gasteiger partial charge in [-0.3, -0.25) is 14.5 Å². The van der Waals surface area contributed by atoms with E-state index in [-0.39, 0.29) is 24.0 Å². The summed E-state index contributed by atoms with van der Waals surface area (Å²) in [7, 11) is 0. The molecule has 0 aromatic carbocycles. The number of hydrogen-bond donors (Lipinski definition) is 4. The van der Waals surface area contributed by atoms with Crippen LogP contribution in [0.5, 0.6) is 0 Å². The van der Waals surface area contributed by atoms with Crippen molar-refractivity contribution < 1.29 is 19.8 Å². The van der Waals surface area contributed by atoms with Gasteiger partial charge in [0.2, 0.25) is 11.8 Å². The molecule has 4 atom stereocenters. The van der Waals surface area contributed by atoms with Crippen LogP contribution in [0.3, 0.4) is 0 Å². The molecule has 8 nitrogen and oxygen atoms in total. The van der Waals surface area contributed by atoms with Crippen LogP contribution in [0.4, 0.5) is 0 Å². The normalized spacial score (nSPS) is 16.2. The van der Waals surface area contributed by atoms with E-state index in [1.54, 1.807) is 0 Å². The zero-order valence-electron chi connectivity index (χ0n) is 46.3. The van der Waals surface area contributed by atoms with Gasteiger partial charge in [0.1, 0.15) is 12.1 Å². The minimum absolute atomic E-state index is 0.0306. The Bertz CT molecular complexity index is 1030. The van der Waals surface area contributed by atoms with Crippen molar-refractivity contribution in [3.8, 4) is 0 Å². The summed E-state index contributed by atoms with van der Waals surface area (Å²) in [5.41, 5.74) is 0. The van der Waals surface area contributed by atoms with Crippen molar-refractivity contribution in [2.75, 3.05) is 39.3 Å². The second kappa shape index (κ2) is 49.4. The molecule has 0 radical (unpaired) electrons. The van der Waals surface area contributed by atoms with Crippen molar-refractivity contribution in [1.82, 2.24) is 20.4 Å². The summed E-state index contributed by atoms with van der Waals surface area (Å²) < 4.78 is 0. The Labute approximate surface area is 424 Å². The van der Waals surface area contributed by atoms with Crippen LogP contribution in [-0.2, 0) is 9.59 Å². The maximum Gasteiger partial charge on any atom is 0.243 e. The number of unbranched alkanes of at least 4 members (excludes halogenated alkanes) is 34. The summed E-state index contributed by atoms with van der Waals surface area (Å²) in [5, 5.41) is 28.3. The van der Waals surface area contributed by atoms with E-state index in [1.807, 2.05) is 0 Å². The van der Waals surface area contributed by atoms with Crippen molar-refractivity contribution >= 4 is 11.8 Å². The van der Waals surface area contributed by atoms with Gasteiger partial charge in [-0.2, -0.15) is 0 Å². The fraction of sp³-hybridized carbons (Fsp3) is 0.967. The van der Waals surface area contributed by atoms with E-state index >= 15 is 0 Å². The summed E-state index contributed by atoms with van der Waals surface area (Å²) in [6, 6.07) is -0.915. The molecule has 0 aliphatic carbocycles. The molecular formula is C60H120N4O4. The first kappa shape index (κ1) is 64.8. The van der Waals surface area contributed by atoms with Gasteiger partial charge >= 0.3 is 0 Å². The van der Waals surface area contributed by atoms with E-state index in [4.69, 9.17) is 0 Å². The van der Waals surface area contributed by atoms with Crippen molar-refractivity contribution in [3.05, 3.63) is 0 Å². The molecular weight excluding hydrogens is 841 g/mol. The third-order valence-electron chi connectivity index (χ3n) is 15.1. The molecule has 68 heavy (non-hydrogen) atoms. The molecule has 0 bridgehead atoms. The smallest absolute Gasteiger partial charge is 0.243 e. The number of nitrogens with zero attached hydrogens (tertiary/aromatic N) is 2. The van der Waals surface area contributed by atoms with Gasteiger partial charge in [0, 0.05) is 13.1 Å². The first-order valence-electron chi connectivity index (χ1n) is 30.8. The van der Waals surface area contributed by atoms with Gasteiger partial charge in [-0.1, -0.05) is 246 Å². The molecule has 2 amide bonds. The number of carbonyl (C=O) groups is 2. The van der Waals surface area contributed by atoms with Crippen LogP contribution in [0.1, 0.15) is 310 Å². The molecule has 8 heteroatoms. The van der Waals surface area contributed by atoms with Crippen LogP contribution in [0.2, 0.25) is 0 Å². The number of hydrogen-bond acceptors (Lipinski definition) is 6. The third kappa shape index (κ3) is 40.4. The Kier molecular flexibility index (Phi) is 47.0. The van der Waals surface area contributed by atoms with E-state index in [1.165, 1.54) is 231 Å². The highest BCUT2D eigenvalue weighted by Gasteiger charge is 2.32. The van der Waals surface area contributed by atoms with Crippen LogP contribution >= 0.6 is 0 Å². The Morgan fingerprint density at radius 1 is 0.338 bits per heavy atom. The molecule has 0 spiro atoms. The Morgan fingerprint density at radius 3 is 0.868 bits per heavy atom. The topological polar surface area (TPSA) is 105 Å². The molecule has 1 fully saturated rings. The van der Waals surface area contributed by atoms with Crippen molar-refractivity contribution in [3.63, 3.8) is 0 Å². The lowest BCUT2D eigenvalue weighted by Crippen LogP contribution is -2.61. The lowest BCUT2D eigenvalue weighted by atomic mass is 10.0. The van der Waals surface area contributed by atoms with E-state index in [9.17, 15) is 19.8 Å². The van der Waals surface area contributed by atoms with Gasteiger partial charge in [-0.05, 0) is 90.4 Å². The lowest BCUT2D eigenvalue weighted by Gasteiger charge is -2.30. The predicted octanol–water partition coefficient (Wildman–Crippen LogP) is 15.5. The van der Waals surface area contributed by atoms with Crippen LogP contribution in [0.25, 0.3) is 0 Å². The van der Waals surface area contributed by atoms with Gasteiger partial charge in [-0.15, -0.1) is 0 Å². The fourth-order valence-electron chi connectivity index (χ4n) is 10.5. The molecule has 1 rings (SSSR count). The molecule has 0 aromatic rings. The Morgan fingerprint density at radius 2 is 0.574 bits per heavy atom. The Hall–Kier alpha value is -1.22. The minimum Gasteiger partial charge on any atom is -0.392 e. The van der Waals surface area contributed by atoms with Gasteiger partial charge < -0.3 is 25.7 Å². The van der Waals surface area contributed by atoms with Crippen molar-refractivity contribution in [2.45, 2.75) is 335 Å². The summed E-state index contributed by atoms with van der Waals surface area (Å²) in [5.74, 6) is -0.0754. The standard InChI is InChI=1S/C60H120N4O4/c1-5-9-13-17-21-25-27-31-35-41-49-63(50-42-36-32-28-26-22-18-14-10-6-2)51-43-39-47-57-59(67)62-58(60(68)61-57)48-40-44-52-64(53-55(65)45-37-33-29-23-19-15-11-7-3)54-56(66)46-38-34-30-24-20-16-12-8-4/h55-58,65-66H,5-54H2,1-4H3,(H,61,68)(H,62,67)/t55-,56-,57+,58-/m1/s1. The molecule has 1 aliphatic rings. The molecule has 1 heterocycles. The first-order chi connectivity index (χ1) is 33.3. The highest BCUT2D eigenvalue weighted by Crippen LogP contribution is 2.18. The number of aliphatic hydroxyl groups is 2. The molecule has 4 N–H and O–H groups in total.